The molecule has 1 aliphatic rings. The van der Waals surface area contributed by atoms with Crippen LogP contribution >= 0.6 is 12.2 Å². The van der Waals surface area contributed by atoms with E-state index >= 15 is 0 Å². The molecular weight excluding hydrogens is 132 g/mol. The van der Waals surface area contributed by atoms with Gasteiger partial charge in [0.1, 0.15) is 0 Å². The average Bonchev–Trinajstić information content (AvgIpc) is 2.66. The molecule has 1 N–H and O–H groups in total. The first-order chi connectivity index (χ1) is 4.25. The van der Waals surface area contributed by atoms with Gasteiger partial charge in [0.05, 0.1) is 0 Å². The van der Waals surface area contributed by atoms with Gasteiger partial charge in [0, 0.05) is 20.1 Å². The molecule has 9 heavy (non-hydrogen) atoms. The Morgan fingerprint density at radius 1 is 1.67 bits per heavy atom. The van der Waals surface area contributed by atoms with Crippen LogP contribution in [-0.4, -0.2) is 30.1 Å². The van der Waals surface area contributed by atoms with Gasteiger partial charge in [-0.25, -0.2) is 0 Å². The van der Waals surface area contributed by atoms with Crippen molar-refractivity contribution in [3.05, 3.63) is 0 Å². The van der Waals surface area contributed by atoms with E-state index in [0.29, 0.717) is 0 Å². The van der Waals surface area contributed by atoms with Crippen molar-refractivity contribution in [1.82, 2.24) is 10.2 Å². The summed E-state index contributed by atoms with van der Waals surface area (Å²) < 4.78 is 0. The topological polar surface area (TPSA) is 15.3 Å². The third-order valence-corrected chi connectivity index (χ3v) is 2.12. The van der Waals surface area contributed by atoms with Crippen molar-refractivity contribution in [3.8, 4) is 0 Å². The van der Waals surface area contributed by atoms with E-state index < -0.39 is 0 Å². The van der Waals surface area contributed by atoms with E-state index in [2.05, 4.69) is 10.2 Å². The van der Waals surface area contributed by atoms with Gasteiger partial charge >= 0.3 is 0 Å². The Balaban J connectivity index is 2.30. The molecule has 0 saturated heterocycles. The van der Waals surface area contributed by atoms with Gasteiger partial charge in [0.15, 0.2) is 5.11 Å². The lowest BCUT2D eigenvalue weighted by Gasteiger charge is -2.17. The minimum absolute atomic E-state index is 0.727. The second kappa shape index (κ2) is 2.52. The SMILES string of the molecule is CNC(=S)N(C)C1CC1. The summed E-state index contributed by atoms with van der Waals surface area (Å²) in [6.07, 6.45) is 2.61. The molecule has 52 valence electrons. The highest BCUT2D eigenvalue weighted by molar-refractivity contribution is 7.80. The highest BCUT2D eigenvalue weighted by Gasteiger charge is 2.27. The van der Waals surface area contributed by atoms with Crippen molar-refractivity contribution >= 4 is 17.3 Å². The summed E-state index contributed by atoms with van der Waals surface area (Å²) in [6, 6.07) is 0.727. The van der Waals surface area contributed by atoms with Crippen LogP contribution in [0.1, 0.15) is 12.8 Å². The third kappa shape index (κ3) is 1.55. The minimum atomic E-state index is 0.727. The molecule has 0 aromatic carbocycles. The molecule has 2 nitrogen and oxygen atoms in total. The Hall–Kier alpha value is -0.310. The second-order valence-electron chi connectivity index (χ2n) is 2.40. The highest BCUT2D eigenvalue weighted by Crippen LogP contribution is 2.24. The van der Waals surface area contributed by atoms with Gasteiger partial charge < -0.3 is 10.2 Å². The summed E-state index contributed by atoms with van der Waals surface area (Å²) in [6.45, 7) is 0. The van der Waals surface area contributed by atoms with E-state index in [0.717, 1.165) is 11.2 Å². The summed E-state index contributed by atoms with van der Waals surface area (Å²) >= 11 is 5.01. The van der Waals surface area contributed by atoms with E-state index in [1.807, 2.05) is 14.1 Å². The van der Waals surface area contributed by atoms with Gasteiger partial charge in [-0.05, 0) is 25.1 Å². The van der Waals surface area contributed by atoms with Crippen molar-refractivity contribution < 1.29 is 0 Å². The molecule has 0 aromatic heterocycles. The summed E-state index contributed by atoms with van der Waals surface area (Å²) in [4.78, 5) is 2.12. The molecule has 0 atom stereocenters. The van der Waals surface area contributed by atoms with Crippen molar-refractivity contribution in [2.45, 2.75) is 18.9 Å². The van der Waals surface area contributed by atoms with Crippen LogP contribution in [0.25, 0.3) is 0 Å². The monoisotopic (exact) mass is 144 g/mol. The summed E-state index contributed by atoms with van der Waals surface area (Å²) in [5.41, 5.74) is 0. The molecular formula is C6H12N2S. The molecule has 1 rings (SSSR count). The largest absolute Gasteiger partial charge is 0.366 e. The highest BCUT2D eigenvalue weighted by atomic mass is 32.1. The zero-order valence-corrected chi connectivity index (χ0v) is 6.66. The zero-order valence-electron chi connectivity index (χ0n) is 5.85. The predicted molar refractivity (Wildman–Crippen MR) is 42.4 cm³/mol. The van der Waals surface area contributed by atoms with Crippen LogP contribution in [0.2, 0.25) is 0 Å². The molecule has 0 unspecified atom stereocenters. The average molecular weight is 144 g/mol. The van der Waals surface area contributed by atoms with E-state index in [1.54, 1.807) is 0 Å². The maximum absolute atomic E-state index is 5.01. The number of rotatable bonds is 1. The first-order valence-electron chi connectivity index (χ1n) is 3.20. The lowest BCUT2D eigenvalue weighted by Crippen LogP contribution is -2.35. The summed E-state index contributed by atoms with van der Waals surface area (Å²) in [7, 11) is 3.90. The fourth-order valence-electron chi connectivity index (χ4n) is 0.804. The lowest BCUT2D eigenvalue weighted by molar-refractivity contribution is 0.490. The van der Waals surface area contributed by atoms with E-state index in [4.69, 9.17) is 12.2 Å². The first-order valence-corrected chi connectivity index (χ1v) is 3.61. The lowest BCUT2D eigenvalue weighted by atomic mass is 10.6. The minimum Gasteiger partial charge on any atom is -0.366 e. The van der Waals surface area contributed by atoms with E-state index in [1.165, 1.54) is 12.8 Å². The molecule has 0 radical (unpaired) electrons. The van der Waals surface area contributed by atoms with Gasteiger partial charge in [-0.3, -0.25) is 0 Å². The van der Waals surface area contributed by atoms with Crippen LogP contribution in [0.3, 0.4) is 0 Å². The number of nitrogens with one attached hydrogen (secondary N) is 1. The number of hydrogen-bond acceptors (Lipinski definition) is 1. The van der Waals surface area contributed by atoms with Gasteiger partial charge in [-0.2, -0.15) is 0 Å². The summed E-state index contributed by atoms with van der Waals surface area (Å²) in [5, 5.41) is 3.80. The smallest absolute Gasteiger partial charge is 0.168 e. The third-order valence-electron chi connectivity index (χ3n) is 1.63. The number of thiocarbonyl (C=S) groups is 1. The van der Waals surface area contributed by atoms with Crippen LogP contribution < -0.4 is 5.32 Å². The van der Waals surface area contributed by atoms with E-state index in [9.17, 15) is 0 Å². The quantitative estimate of drug-likeness (QED) is 0.542. The fourth-order valence-corrected chi connectivity index (χ4v) is 0.953. The molecule has 0 spiro atoms. The Morgan fingerprint density at radius 3 is 2.56 bits per heavy atom. The maximum atomic E-state index is 5.01. The Bertz CT molecular complexity index is 120. The number of hydrogen-bond donors (Lipinski definition) is 1. The summed E-state index contributed by atoms with van der Waals surface area (Å²) in [5.74, 6) is 0. The molecule has 1 fully saturated rings. The molecule has 0 amide bonds. The molecule has 1 aliphatic carbocycles. The zero-order chi connectivity index (χ0) is 6.85. The fraction of sp³-hybridized carbons (Fsp3) is 0.833. The Kier molecular flexibility index (Phi) is 1.90. The molecule has 3 heteroatoms. The second-order valence-corrected chi connectivity index (χ2v) is 2.78. The Morgan fingerprint density at radius 2 is 2.22 bits per heavy atom. The van der Waals surface area contributed by atoms with Gasteiger partial charge in [-0.15, -0.1) is 0 Å². The molecule has 0 heterocycles. The van der Waals surface area contributed by atoms with Crippen LogP contribution in [0, 0.1) is 0 Å². The molecule has 1 saturated carbocycles. The van der Waals surface area contributed by atoms with Gasteiger partial charge in [0.2, 0.25) is 0 Å². The van der Waals surface area contributed by atoms with Crippen LogP contribution in [0.15, 0.2) is 0 Å². The predicted octanol–water partition coefficient (Wildman–Crippen LogP) is 0.585. The molecule has 0 aliphatic heterocycles. The standard InChI is InChI=1S/C6H12N2S/c1-7-6(9)8(2)5-3-4-5/h5H,3-4H2,1-2H3,(H,7,9). The van der Waals surface area contributed by atoms with Crippen molar-refractivity contribution in [3.63, 3.8) is 0 Å². The van der Waals surface area contributed by atoms with Crippen molar-refractivity contribution in [2.75, 3.05) is 14.1 Å². The van der Waals surface area contributed by atoms with E-state index in [-0.39, 0.29) is 0 Å². The first kappa shape index (κ1) is 6.81. The van der Waals surface area contributed by atoms with Gasteiger partial charge in [-0.1, -0.05) is 0 Å². The molecule has 0 bridgehead atoms. The van der Waals surface area contributed by atoms with Crippen LogP contribution in [0.4, 0.5) is 0 Å². The normalized spacial score (nSPS) is 17.1. The van der Waals surface area contributed by atoms with Crippen LogP contribution in [0.5, 0.6) is 0 Å². The van der Waals surface area contributed by atoms with Crippen LogP contribution in [-0.2, 0) is 0 Å². The number of nitrogens with zero attached hydrogens (tertiary/aromatic N) is 1. The molecule has 0 aromatic rings. The van der Waals surface area contributed by atoms with Crippen molar-refractivity contribution in [1.29, 1.82) is 0 Å². The van der Waals surface area contributed by atoms with Gasteiger partial charge in [0.25, 0.3) is 0 Å². The van der Waals surface area contributed by atoms with Crippen molar-refractivity contribution in [2.24, 2.45) is 0 Å². The maximum Gasteiger partial charge on any atom is 0.168 e. The Labute approximate surface area is 61.2 Å².